The molecular formula is C20H23NO4. The van der Waals surface area contributed by atoms with Gasteiger partial charge in [0.05, 0.1) is 5.56 Å². The van der Waals surface area contributed by atoms with E-state index in [0.29, 0.717) is 0 Å². The van der Waals surface area contributed by atoms with E-state index in [9.17, 15) is 14.7 Å². The molecule has 0 unspecified atom stereocenters. The quantitative estimate of drug-likeness (QED) is 0.759. The Hall–Kier alpha value is -2.82. The summed E-state index contributed by atoms with van der Waals surface area (Å²) in [4.78, 5) is 24.1. The molecule has 25 heavy (non-hydrogen) atoms. The summed E-state index contributed by atoms with van der Waals surface area (Å²) in [5, 5.41) is 12.1. The highest BCUT2D eigenvalue weighted by Gasteiger charge is 2.20. The Balaban J connectivity index is 1.79. The minimum Gasteiger partial charge on any atom is -0.508 e. The fraction of sp³-hybridized carbons (Fsp3) is 0.300. The molecule has 0 saturated heterocycles. The average molecular weight is 341 g/mol. The zero-order valence-corrected chi connectivity index (χ0v) is 14.4. The molecule has 1 amide bonds. The topological polar surface area (TPSA) is 75.6 Å². The second kappa shape index (κ2) is 8.87. The first-order valence-electron chi connectivity index (χ1n) is 8.30. The van der Waals surface area contributed by atoms with Gasteiger partial charge in [0.1, 0.15) is 5.75 Å². The maximum Gasteiger partial charge on any atom is 0.338 e. The maximum atomic E-state index is 12.2. The van der Waals surface area contributed by atoms with Crippen molar-refractivity contribution < 1.29 is 19.4 Å². The molecule has 5 heteroatoms. The Kier molecular flexibility index (Phi) is 6.57. The van der Waals surface area contributed by atoms with Crippen LogP contribution < -0.4 is 5.32 Å². The molecule has 132 valence electrons. The number of aryl methyl sites for hydroxylation is 1. The second-order valence-corrected chi connectivity index (χ2v) is 6.03. The van der Waals surface area contributed by atoms with Crippen molar-refractivity contribution in [2.45, 2.75) is 38.8 Å². The van der Waals surface area contributed by atoms with E-state index in [1.807, 2.05) is 25.1 Å². The number of phenolic OH excluding ortho intramolecular Hbond substituents is 1. The number of benzene rings is 2. The SMILES string of the molecule is C[C@H](CCc1ccccc1)NC(=O)[C@H](C)OC(=O)c1ccc(O)cc1. The number of amides is 1. The molecule has 2 atom stereocenters. The first-order valence-corrected chi connectivity index (χ1v) is 8.30. The number of esters is 1. The number of rotatable bonds is 7. The summed E-state index contributed by atoms with van der Waals surface area (Å²) in [6.07, 6.45) is 0.777. The van der Waals surface area contributed by atoms with Crippen LogP contribution in [0.4, 0.5) is 0 Å². The number of carbonyl (C=O) groups is 2. The standard InChI is InChI=1S/C20H23NO4/c1-14(8-9-16-6-4-3-5-7-16)21-19(23)15(2)25-20(24)17-10-12-18(22)13-11-17/h3-7,10-15,22H,8-9H2,1-2H3,(H,21,23)/t14-,15+/m1/s1. The van der Waals surface area contributed by atoms with E-state index < -0.39 is 12.1 Å². The number of carbonyl (C=O) groups excluding carboxylic acids is 2. The van der Waals surface area contributed by atoms with Crippen LogP contribution in [0.3, 0.4) is 0 Å². The highest BCUT2D eigenvalue weighted by Crippen LogP contribution is 2.11. The Labute approximate surface area is 147 Å². The lowest BCUT2D eigenvalue weighted by Crippen LogP contribution is -2.41. The molecule has 2 rings (SSSR count). The average Bonchev–Trinajstić information content (AvgIpc) is 2.61. The molecule has 0 radical (unpaired) electrons. The predicted octanol–water partition coefficient (Wildman–Crippen LogP) is 3.08. The lowest BCUT2D eigenvalue weighted by Gasteiger charge is -2.18. The van der Waals surface area contributed by atoms with E-state index in [1.165, 1.54) is 36.8 Å². The maximum absolute atomic E-state index is 12.2. The molecule has 0 heterocycles. The normalized spacial score (nSPS) is 12.9. The number of ether oxygens (including phenoxy) is 1. The third-order valence-electron chi connectivity index (χ3n) is 3.85. The van der Waals surface area contributed by atoms with Crippen molar-refractivity contribution >= 4 is 11.9 Å². The Morgan fingerprint density at radius 1 is 1.04 bits per heavy atom. The van der Waals surface area contributed by atoms with Crippen molar-refractivity contribution in [1.82, 2.24) is 5.32 Å². The van der Waals surface area contributed by atoms with E-state index in [0.717, 1.165) is 12.8 Å². The third-order valence-corrected chi connectivity index (χ3v) is 3.85. The Morgan fingerprint density at radius 3 is 2.32 bits per heavy atom. The minimum atomic E-state index is -0.888. The van der Waals surface area contributed by atoms with Crippen molar-refractivity contribution in [2.75, 3.05) is 0 Å². The molecule has 0 saturated carbocycles. The zero-order valence-electron chi connectivity index (χ0n) is 14.4. The van der Waals surface area contributed by atoms with Crippen LogP contribution in [0.2, 0.25) is 0 Å². The van der Waals surface area contributed by atoms with Gasteiger partial charge in [0.15, 0.2) is 6.10 Å². The number of hydrogen-bond acceptors (Lipinski definition) is 4. The summed E-state index contributed by atoms with van der Waals surface area (Å²) in [5.74, 6) is -0.859. The Morgan fingerprint density at radius 2 is 1.68 bits per heavy atom. The summed E-state index contributed by atoms with van der Waals surface area (Å²) in [6, 6.07) is 15.7. The zero-order chi connectivity index (χ0) is 18.2. The van der Waals surface area contributed by atoms with Gasteiger partial charge in [-0.15, -0.1) is 0 Å². The molecule has 2 N–H and O–H groups in total. The lowest BCUT2D eigenvalue weighted by atomic mass is 10.1. The first-order chi connectivity index (χ1) is 12.0. The van der Waals surface area contributed by atoms with E-state index in [2.05, 4.69) is 17.4 Å². The van der Waals surface area contributed by atoms with Crippen LogP contribution >= 0.6 is 0 Å². The molecule has 0 aliphatic carbocycles. The van der Waals surface area contributed by atoms with Gasteiger partial charge in [0, 0.05) is 6.04 Å². The molecule has 0 fully saturated rings. The van der Waals surface area contributed by atoms with E-state index in [1.54, 1.807) is 0 Å². The molecular weight excluding hydrogens is 318 g/mol. The summed E-state index contributed by atoms with van der Waals surface area (Å²) in [5.41, 5.74) is 1.50. The van der Waals surface area contributed by atoms with Gasteiger partial charge < -0.3 is 15.2 Å². The van der Waals surface area contributed by atoms with Gasteiger partial charge in [-0.2, -0.15) is 0 Å². The molecule has 0 spiro atoms. The predicted molar refractivity (Wildman–Crippen MR) is 95.4 cm³/mol. The number of hydrogen-bond donors (Lipinski definition) is 2. The number of phenols is 1. The first kappa shape index (κ1) is 18.5. The summed E-state index contributed by atoms with van der Waals surface area (Å²) >= 11 is 0. The van der Waals surface area contributed by atoms with Gasteiger partial charge in [-0.05, 0) is 56.5 Å². The van der Waals surface area contributed by atoms with Gasteiger partial charge in [-0.3, -0.25) is 4.79 Å². The highest BCUT2D eigenvalue weighted by atomic mass is 16.5. The van der Waals surface area contributed by atoms with E-state index >= 15 is 0 Å². The van der Waals surface area contributed by atoms with Gasteiger partial charge in [0.2, 0.25) is 0 Å². The van der Waals surface area contributed by atoms with Crippen molar-refractivity contribution in [1.29, 1.82) is 0 Å². The van der Waals surface area contributed by atoms with Crippen LogP contribution in [0.5, 0.6) is 5.75 Å². The molecule has 0 aliphatic heterocycles. The fourth-order valence-electron chi connectivity index (χ4n) is 2.34. The number of nitrogens with one attached hydrogen (secondary N) is 1. The molecule has 0 aliphatic rings. The molecule has 5 nitrogen and oxygen atoms in total. The summed E-state index contributed by atoms with van der Waals surface area (Å²) < 4.78 is 5.17. The van der Waals surface area contributed by atoms with E-state index in [-0.39, 0.29) is 23.3 Å². The molecule has 2 aromatic rings. The van der Waals surface area contributed by atoms with Crippen molar-refractivity contribution in [2.24, 2.45) is 0 Å². The van der Waals surface area contributed by atoms with Crippen LogP contribution in [0.1, 0.15) is 36.2 Å². The summed E-state index contributed by atoms with van der Waals surface area (Å²) in [7, 11) is 0. The second-order valence-electron chi connectivity index (χ2n) is 6.03. The van der Waals surface area contributed by atoms with Crippen LogP contribution in [0.25, 0.3) is 0 Å². The molecule has 2 aromatic carbocycles. The van der Waals surface area contributed by atoms with Crippen LogP contribution in [0.15, 0.2) is 54.6 Å². The van der Waals surface area contributed by atoms with Crippen molar-refractivity contribution in [3.05, 3.63) is 65.7 Å². The van der Waals surface area contributed by atoms with Crippen molar-refractivity contribution in [3.8, 4) is 5.75 Å². The van der Waals surface area contributed by atoms with E-state index in [4.69, 9.17) is 4.74 Å². The van der Waals surface area contributed by atoms with Gasteiger partial charge in [-0.1, -0.05) is 30.3 Å². The van der Waals surface area contributed by atoms with Crippen molar-refractivity contribution in [3.63, 3.8) is 0 Å². The van der Waals surface area contributed by atoms with Crippen LogP contribution in [-0.2, 0) is 16.0 Å². The van der Waals surface area contributed by atoms with Gasteiger partial charge in [-0.25, -0.2) is 4.79 Å². The minimum absolute atomic E-state index is 0.0254. The smallest absolute Gasteiger partial charge is 0.338 e. The third kappa shape index (κ3) is 5.95. The highest BCUT2D eigenvalue weighted by molar-refractivity contribution is 5.92. The van der Waals surface area contributed by atoms with Gasteiger partial charge >= 0.3 is 5.97 Å². The largest absolute Gasteiger partial charge is 0.508 e. The fourth-order valence-corrected chi connectivity index (χ4v) is 2.34. The number of aromatic hydroxyl groups is 1. The lowest BCUT2D eigenvalue weighted by molar-refractivity contribution is -0.129. The van der Waals surface area contributed by atoms with Crippen LogP contribution in [-0.4, -0.2) is 29.1 Å². The Bertz CT molecular complexity index is 697. The monoisotopic (exact) mass is 341 g/mol. The molecule has 0 bridgehead atoms. The van der Waals surface area contributed by atoms with Crippen LogP contribution in [0, 0.1) is 0 Å². The summed E-state index contributed by atoms with van der Waals surface area (Å²) in [6.45, 7) is 3.47. The molecule has 0 aromatic heterocycles. The van der Waals surface area contributed by atoms with Gasteiger partial charge in [0.25, 0.3) is 5.91 Å².